The van der Waals surface area contributed by atoms with Crippen molar-refractivity contribution < 1.29 is 14.6 Å². The fourth-order valence-corrected chi connectivity index (χ4v) is 1.17. The second-order valence-electron chi connectivity index (χ2n) is 2.87. The number of phenols is 1. The van der Waals surface area contributed by atoms with Gasteiger partial charge in [0.25, 0.3) is 0 Å². The maximum absolute atomic E-state index is 9.14. The SMILES string of the molecule is CC1COc2ccc(O)cc2O1. The molecule has 0 radical (unpaired) electrons. The summed E-state index contributed by atoms with van der Waals surface area (Å²) in [6.45, 7) is 2.49. The molecular formula is C9H10O3. The third kappa shape index (κ3) is 1.18. The number of aromatic hydroxyl groups is 1. The maximum Gasteiger partial charge on any atom is 0.165 e. The molecule has 12 heavy (non-hydrogen) atoms. The fraction of sp³-hybridized carbons (Fsp3) is 0.333. The highest BCUT2D eigenvalue weighted by molar-refractivity contribution is 5.45. The zero-order valence-electron chi connectivity index (χ0n) is 6.78. The molecule has 0 fully saturated rings. The number of ether oxygens (including phenoxy) is 2. The van der Waals surface area contributed by atoms with Crippen LogP contribution < -0.4 is 9.47 Å². The quantitative estimate of drug-likeness (QED) is 0.635. The third-order valence-corrected chi connectivity index (χ3v) is 1.73. The van der Waals surface area contributed by atoms with Crippen LogP contribution in [-0.4, -0.2) is 17.8 Å². The van der Waals surface area contributed by atoms with E-state index in [4.69, 9.17) is 14.6 Å². The van der Waals surface area contributed by atoms with Gasteiger partial charge in [-0.15, -0.1) is 0 Å². The summed E-state index contributed by atoms with van der Waals surface area (Å²) in [5.74, 6) is 1.52. The van der Waals surface area contributed by atoms with Crippen LogP contribution in [0.3, 0.4) is 0 Å². The Hall–Kier alpha value is -1.38. The lowest BCUT2D eigenvalue weighted by molar-refractivity contribution is 0.104. The van der Waals surface area contributed by atoms with Crippen LogP contribution in [0.2, 0.25) is 0 Å². The normalized spacial score (nSPS) is 20.6. The number of benzene rings is 1. The van der Waals surface area contributed by atoms with Crippen molar-refractivity contribution in [3.63, 3.8) is 0 Å². The highest BCUT2D eigenvalue weighted by Gasteiger charge is 2.16. The van der Waals surface area contributed by atoms with Crippen LogP contribution in [0.4, 0.5) is 0 Å². The molecule has 1 N–H and O–H groups in total. The molecule has 1 heterocycles. The number of rotatable bonds is 0. The van der Waals surface area contributed by atoms with Gasteiger partial charge >= 0.3 is 0 Å². The Labute approximate surface area is 70.5 Å². The summed E-state index contributed by atoms with van der Waals surface area (Å²) >= 11 is 0. The van der Waals surface area contributed by atoms with Gasteiger partial charge in [0.2, 0.25) is 0 Å². The van der Waals surface area contributed by atoms with Crippen LogP contribution in [0, 0.1) is 0 Å². The molecule has 1 aliphatic heterocycles. The first-order chi connectivity index (χ1) is 5.75. The van der Waals surface area contributed by atoms with Gasteiger partial charge < -0.3 is 14.6 Å². The average molecular weight is 166 g/mol. The van der Waals surface area contributed by atoms with E-state index < -0.39 is 0 Å². The minimum absolute atomic E-state index is 0.0549. The smallest absolute Gasteiger partial charge is 0.165 e. The molecule has 3 heteroatoms. The van der Waals surface area contributed by atoms with Crippen LogP contribution in [0.25, 0.3) is 0 Å². The summed E-state index contributed by atoms with van der Waals surface area (Å²) in [6, 6.07) is 4.85. The molecule has 1 unspecified atom stereocenters. The molecule has 1 aromatic carbocycles. The van der Waals surface area contributed by atoms with E-state index >= 15 is 0 Å². The van der Waals surface area contributed by atoms with Crippen LogP contribution in [-0.2, 0) is 0 Å². The minimum Gasteiger partial charge on any atom is -0.508 e. The monoisotopic (exact) mass is 166 g/mol. The molecule has 3 nitrogen and oxygen atoms in total. The van der Waals surface area contributed by atoms with Gasteiger partial charge in [-0.3, -0.25) is 0 Å². The summed E-state index contributed by atoms with van der Waals surface area (Å²) < 4.78 is 10.8. The Balaban J connectivity index is 2.37. The van der Waals surface area contributed by atoms with E-state index in [1.807, 2.05) is 6.92 Å². The zero-order valence-corrected chi connectivity index (χ0v) is 6.78. The molecule has 0 aliphatic carbocycles. The largest absolute Gasteiger partial charge is 0.508 e. The second kappa shape index (κ2) is 2.59. The minimum atomic E-state index is 0.0549. The van der Waals surface area contributed by atoms with Crippen LogP contribution >= 0.6 is 0 Å². The van der Waals surface area contributed by atoms with Gasteiger partial charge in [0.05, 0.1) is 0 Å². The molecule has 1 atom stereocenters. The molecule has 0 bridgehead atoms. The van der Waals surface area contributed by atoms with E-state index in [9.17, 15) is 0 Å². The van der Waals surface area contributed by atoms with E-state index in [-0.39, 0.29) is 11.9 Å². The van der Waals surface area contributed by atoms with Crippen LogP contribution in [0.1, 0.15) is 6.92 Å². The van der Waals surface area contributed by atoms with Crippen molar-refractivity contribution in [1.82, 2.24) is 0 Å². The number of phenolic OH excluding ortho intramolecular Hbond substituents is 1. The number of hydrogen-bond acceptors (Lipinski definition) is 3. The molecule has 0 spiro atoms. The summed E-state index contributed by atoms with van der Waals surface area (Å²) in [5.41, 5.74) is 0. The first kappa shape index (κ1) is 7.28. The van der Waals surface area contributed by atoms with Crippen molar-refractivity contribution in [2.45, 2.75) is 13.0 Å². The number of hydrogen-bond donors (Lipinski definition) is 1. The van der Waals surface area contributed by atoms with Crippen molar-refractivity contribution in [2.24, 2.45) is 0 Å². The van der Waals surface area contributed by atoms with Crippen molar-refractivity contribution in [2.75, 3.05) is 6.61 Å². The molecule has 64 valence electrons. The van der Waals surface area contributed by atoms with Gasteiger partial charge in [0, 0.05) is 6.07 Å². The maximum atomic E-state index is 9.14. The average Bonchev–Trinajstić information content (AvgIpc) is 2.03. The number of fused-ring (bicyclic) bond motifs is 1. The zero-order chi connectivity index (χ0) is 8.55. The second-order valence-corrected chi connectivity index (χ2v) is 2.87. The fourth-order valence-electron chi connectivity index (χ4n) is 1.17. The molecule has 0 saturated heterocycles. The van der Waals surface area contributed by atoms with E-state index in [2.05, 4.69) is 0 Å². The third-order valence-electron chi connectivity index (χ3n) is 1.73. The predicted molar refractivity (Wildman–Crippen MR) is 43.7 cm³/mol. The molecule has 1 aliphatic rings. The van der Waals surface area contributed by atoms with Crippen LogP contribution in [0.15, 0.2) is 18.2 Å². The summed E-state index contributed by atoms with van der Waals surface area (Å²) in [5, 5.41) is 9.14. The molecule has 2 rings (SSSR count). The van der Waals surface area contributed by atoms with E-state index in [0.717, 1.165) is 0 Å². The summed E-state index contributed by atoms with van der Waals surface area (Å²) in [7, 11) is 0. The van der Waals surface area contributed by atoms with Crippen LogP contribution in [0.5, 0.6) is 17.2 Å². The van der Waals surface area contributed by atoms with Crippen molar-refractivity contribution >= 4 is 0 Å². The van der Waals surface area contributed by atoms with Gasteiger partial charge in [-0.1, -0.05) is 0 Å². The van der Waals surface area contributed by atoms with Crippen molar-refractivity contribution in [3.8, 4) is 17.2 Å². The van der Waals surface area contributed by atoms with E-state index in [1.54, 1.807) is 18.2 Å². The van der Waals surface area contributed by atoms with Crippen molar-refractivity contribution in [1.29, 1.82) is 0 Å². The topological polar surface area (TPSA) is 38.7 Å². The van der Waals surface area contributed by atoms with Gasteiger partial charge in [-0.05, 0) is 19.1 Å². The van der Waals surface area contributed by atoms with E-state index in [0.29, 0.717) is 18.1 Å². The Morgan fingerprint density at radius 3 is 3.08 bits per heavy atom. The first-order valence-electron chi connectivity index (χ1n) is 3.88. The van der Waals surface area contributed by atoms with Crippen molar-refractivity contribution in [3.05, 3.63) is 18.2 Å². The predicted octanol–water partition coefficient (Wildman–Crippen LogP) is 1.55. The lowest BCUT2D eigenvalue weighted by Gasteiger charge is -2.23. The Kier molecular flexibility index (Phi) is 1.57. The Bertz CT molecular complexity index is 296. The summed E-state index contributed by atoms with van der Waals surface area (Å²) in [4.78, 5) is 0. The molecule has 0 aromatic heterocycles. The molecule has 0 amide bonds. The molecule has 0 saturated carbocycles. The van der Waals surface area contributed by atoms with Gasteiger partial charge in [-0.2, -0.15) is 0 Å². The standard InChI is InChI=1S/C9H10O3/c1-6-5-11-8-3-2-7(10)4-9(8)12-6/h2-4,6,10H,5H2,1H3. The van der Waals surface area contributed by atoms with Gasteiger partial charge in [-0.25, -0.2) is 0 Å². The lowest BCUT2D eigenvalue weighted by Crippen LogP contribution is -2.25. The van der Waals surface area contributed by atoms with Gasteiger partial charge in [0.15, 0.2) is 11.5 Å². The Morgan fingerprint density at radius 1 is 1.42 bits per heavy atom. The van der Waals surface area contributed by atoms with E-state index in [1.165, 1.54) is 0 Å². The highest BCUT2D eigenvalue weighted by Crippen LogP contribution is 2.34. The molecule has 1 aromatic rings. The Morgan fingerprint density at radius 2 is 2.25 bits per heavy atom. The first-order valence-corrected chi connectivity index (χ1v) is 3.88. The lowest BCUT2D eigenvalue weighted by atomic mass is 10.2. The summed E-state index contributed by atoms with van der Waals surface area (Å²) in [6.07, 6.45) is 0.0549. The molecular weight excluding hydrogens is 156 g/mol. The highest BCUT2D eigenvalue weighted by atomic mass is 16.6. The van der Waals surface area contributed by atoms with Gasteiger partial charge in [0.1, 0.15) is 18.5 Å².